The van der Waals surface area contributed by atoms with Gasteiger partial charge in [-0.1, -0.05) is 12.1 Å². The molecule has 37 heavy (non-hydrogen) atoms. The van der Waals surface area contributed by atoms with E-state index in [1.807, 2.05) is 46.2 Å². The number of rotatable bonds is 17. The van der Waals surface area contributed by atoms with E-state index in [0.29, 0.717) is 45.0 Å². The van der Waals surface area contributed by atoms with Gasteiger partial charge in [0, 0.05) is 45.0 Å². The van der Waals surface area contributed by atoms with Gasteiger partial charge in [0.15, 0.2) is 0 Å². The number of hydrogen-bond donors (Lipinski definition) is 5. The minimum atomic E-state index is -0.474. The summed E-state index contributed by atoms with van der Waals surface area (Å²) in [7, 11) is 0. The van der Waals surface area contributed by atoms with E-state index >= 15 is 0 Å². The van der Waals surface area contributed by atoms with E-state index in [-0.39, 0.29) is 0 Å². The predicted molar refractivity (Wildman–Crippen MR) is 137 cm³/mol. The third-order valence-corrected chi connectivity index (χ3v) is 5.70. The molecule has 0 saturated heterocycles. The fourth-order valence-electron chi connectivity index (χ4n) is 4.15. The first-order valence-corrected chi connectivity index (χ1v) is 12.2. The number of benzene rings is 1. The average Bonchev–Trinajstić information content (AvgIpc) is 2.87. The van der Waals surface area contributed by atoms with Gasteiger partial charge in [-0.2, -0.15) is 0 Å². The summed E-state index contributed by atoms with van der Waals surface area (Å²) in [5.41, 5.74) is 9.96. The molecule has 0 bridgehead atoms. The van der Waals surface area contributed by atoms with Crippen molar-refractivity contribution in [1.82, 2.24) is 14.8 Å². The summed E-state index contributed by atoms with van der Waals surface area (Å²) in [6.07, 6.45) is -1.90. The summed E-state index contributed by atoms with van der Waals surface area (Å²) in [5, 5.41) is 36.4. The van der Waals surface area contributed by atoms with Gasteiger partial charge >= 0.3 is 0 Å². The van der Waals surface area contributed by atoms with Gasteiger partial charge in [-0.05, 0) is 63.1 Å². The number of pyridine rings is 1. The maximum Gasteiger partial charge on any atom is 0.103 e. The zero-order valence-corrected chi connectivity index (χ0v) is 21.9. The fraction of sp³-hybridized carbons (Fsp3) is 0.560. The van der Waals surface area contributed by atoms with E-state index < -0.39 is 24.4 Å². The van der Waals surface area contributed by atoms with E-state index in [1.165, 1.54) is 0 Å². The molecule has 0 amide bonds. The van der Waals surface area contributed by atoms with Gasteiger partial charge in [-0.3, -0.25) is 35.8 Å². The zero-order valence-electron chi connectivity index (χ0n) is 21.9. The quantitative estimate of drug-likeness (QED) is 0.116. The van der Waals surface area contributed by atoms with E-state index in [2.05, 4.69) is 19.6 Å². The van der Waals surface area contributed by atoms with Crippen LogP contribution < -0.4 is 5.73 Å². The minimum absolute atomic E-state index is 0.368. The lowest BCUT2D eigenvalue weighted by atomic mass is 10.0. The molecule has 12 heteroatoms. The highest BCUT2D eigenvalue weighted by Crippen LogP contribution is 2.24. The monoisotopic (exact) mass is 524 g/mol. The van der Waals surface area contributed by atoms with Crippen LogP contribution in [0.5, 0.6) is 0 Å². The summed E-state index contributed by atoms with van der Waals surface area (Å²) in [6, 6.07) is 11.5. The van der Waals surface area contributed by atoms with Crippen molar-refractivity contribution in [2.45, 2.75) is 65.2 Å². The normalized spacial score (nSPS) is 15.2. The second-order valence-electron chi connectivity index (χ2n) is 9.52. The number of hydrogen-bond acceptors (Lipinski definition) is 12. The van der Waals surface area contributed by atoms with E-state index in [0.717, 1.165) is 22.5 Å². The summed E-state index contributed by atoms with van der Waals surface area (Å²) in [5.74, 6) is 0. The molecule has 4 atom stereocenters. The Morgan fingerprint density at radius 3 is 1.43 bits per heavy atom. The zero-order chi connectivity index (χ0) is 27.4. The molecule has 1 heterocycles. The molecular weight excluding hydrogens is 484 g/mol. The summed E-state index contributed by atoms with van der Waals surface area (Å²) in [6.45, 7) is 9.16. The molecular formula is C25H40N4O8. The maximum absolute atomic E-state index is 9.09. The second kappa shape index (κ2) is 15.9. The first kappa shape index (κ1) is 31.0. The Morgan fingerprint density at radius 2 is 1.08 bits per heavy atom. The molecule has 0 aliphatic heterocycles. The van der Waals surface area contributed by atoms with Crippen LogP contribution in [0.25, 0.3) is 11.1 Å². The third kappa shape index (κ3) is 11.0. The van der Waals surface area contributed by atoms with Crippen LogP contribution in [0.1, 0.15) is 39.1 Å². The van der Waals surface area contributed by atoms with Crippen molar-refractivity contribution in [3.05, 3.63) is 47.8 Å². The van der Waals surface area contributed by atoms with Crippen molar-refractivity contribution < 1.29 is 40.6 Å². The Kier molecular flexibility index (Phi) is 13.3. The Labute approximate surface area is 217 Å². The topological polar surface area (TPSA) is 163 Å². The fourth-order valence-corrected chi connectivity index (χ4v) is 4.15. The highest BCUT2D eigenvalue weighted by atomic mass is 17.1. The van der Waals surface area contributed by atoms with Gasteiger partial charge in [0.25, 0.3) is 0 Å². The van der Waals surface area contributed by atoms with E-state index in [1.54, 1.807) is 27.7 Å². The molecule has 0 radical (unpaired) electrons. The standard InChI is InChI=1S/C25H40N4O8/c1-17(34-30)11-28(12-18(2)35-31)15-24-9-22(21-6-5-7-23(26)8-21)10-25(27-24)16-29(13-19(3)36-32)14-20(4)37-33/h5-10,17-20,30-33H,11-16,26H2,1-4H3. The molecule has 6 N–H and O–H groups in total. The van der Waals surface area contributed by atoms with Crippen LogP contribution in [0.2, 0.25) is 0 Å². The predicted octanol–water partition coefficient (Wildman–Crippen LogP) is 3.45. The second-order valence-corrected chi connectivity index (χ2v) is 9.52. The lowest BCUT2D eigenvalue weighted by molar-refractivity contribution is -0.286. The number of nitrogens with zero attached hydrogens (tertiary/aromatic N) is 3. The number of nitrogens with two attached hydrogens (primary N) is 1. The molecule has 208 valence electrons. The van der Waals surface area contributed by atoms with Crippen LogP contribution >= 0.6 is 0 Å². The molecule has 0 aliphatic carbocycles. The molecule has 4 unspecified atom stereocenters. The first-order valence-electron chi connectivity index (χ1n) is 12.2. The van der Waals surface area contributed by atoms with Crippen molar-refractivity contribution in [3.63, 3.8) is 0 Å². The highest BCUT2D eigenvalue weighted by Gasteiger charge is 2.19. The molecule has 2 aromatic rings. The third-order valence-electron chi connectivity index (χ3n) is 5.70. The van der Waals surface area contributed by atoms with Crippen LogP contribution in [0.15, 0.2) is 36.4 Å². The summed E-state index contributed by atoms with van der Waals surface area (Å²) < 4.78 is 0. The van der Waals surface area contributed by atoms with Gasteiger partial charge in [-0.15, -0.1) is 0 Å². The number of nitrogen functional groups attached to an aromatic ring is 1. The van der Waals surface area contributed by atoms with Gasteiger partial charge < -0.3 is 5.73 Å². The lowest BCUT2D eigenvalue weighted by Crippen LogP contribution is -2.38. The smallest absolute Gasteiger partial charge is 0.103 e. The molecule has 0 fully saturated rings. The molecule has 1 aromatic heterocycles. The van der Waals surface area contributed by atoms with Crippen molar-refractivity contribution in [2.75, 3.05) is 31.9 Å². The van der Waals surface area contributed by atoms with Gasteiger partial charge in [0.2, 0.25) is 0 Å². The van der Waals surface area contributed by atoms with Crippen molar-refractivity contribution in [2.24, 2.45) is 0 Å². The number of aromatic nitrogens is 1. The Balaban J connectivity index is 2.44. The number of anilines is 1. The van der Waals surface area contributed by atoms with Gasteiger partial charge in [0.05, 0.1) is 11.4 Å². The summed E-state index contributed by atoms with van der Waals surface area (Å²) in [4.78, 5) is 26.6. The summed E-state index contributed by atoms with van der Waals surface area (Å²) >= 11 is 0. The van der Waals surface area contributed by atoms with Crippen LogP contribution in [0, 0.1) is 0 Å². The van der Waals surface area contributed by atoms with Crippen LogP contribution in [-0.2, 0) is 32.6 Å². The molecule has 0 saturated carbocycles. The van der Waals surface area contributed by atoms with Crippen molar-refractivity contribution in [1.29, 1.82) is 0 Å². The molecule has 0 spiro atoms. The largest absolute Gasteiger partial charge is 0.399 e. The van der Waals surface area contributed by atoms with Crippen LogP contribution in [0.4, 0.5) is 5.69 Å². The maximum atomic E-state index is 9.09. The van der Waals surface area contributed by atoms with Crippen LogP contribution in [-0.4, -0.2) is 86.4 Å². The highest BCUT2D eigenvalue weighted by molar-refractivity contribution is 5.67. The van der Waals surface area contributed by atoms with E-state index in [4.69, 9.17) is 31.7 Å². The van der Waals surface area contributed by atoms with E-state index in [9.17, 15) is 0 Å². The van der Waals surface area contributed by atoms with Crippen molar-refractivity contribution in [3.8, 4) is 11.1 Å². The molecule has 1 aromatic carbocycles. The molecule has 2 rings (SSSR count). The lowest BCUT2D eigenvalue weighted by Gasteiger charge is -2.27. The average molecular weight is 525 g/mol. The van der Waals surface area contributed by atoms with Gasteiger partial charge in [0.1, 0.15) is 24.4 Å². The van der Waals surface area contributed by atoms with Crippen molar-refractivity contribution >= 4 is 5.69 Å². The van der Waals surface area contributed by atoms with Crippen LogP contribution in [0.3, 0.4) is 0 Å². The minimum Gasteiger partial charge on any atom is -0.399 e. The first-order chi connectivity index (χ1) is 17.7. The molecule has 0 aliphatic rings. The Hall–Kier alpha value is -2.23. The van der Waals surface area contributed by atoms with Gasteiger partial charge in [-0.25, -0.2) is 19.6 Å². The Morgan fingerprint density at radius 1 is 0.676 bits per heavy atom. The SMILES string of the molecule is CC(CN(Cc1cc(-c2cccc(N)c2)cc(CN(CC(C)OO)CC(C)OO)n1)CC(C)OO)OO. The molecule has 12 nitrogen and oxygen atoms in total. The Bertz CT molecular complexity index is 865.